The molecule has 0 spiro atoms. The lowest BCUT2D eigenvalue weighted by atomic mass is 9.67. The molecule has 0 aliphatic carbocycles. The lowest BCUT2D eigenvalue weighted by Gasteiger charge is -2.46. The Morgan fingerprint density at radius 1 is 1.00 bits per heavy atom. The Labute approximate surface area is 336 Å². The molecule has 4 aromatic rings. The van der Waals surface area contributed by atoms with Gasteiger partial charge in [0.05, 0.1) is 30.0 Å². The Morgan fingerprint density at radius 3 is 2.33 bits per heavy atom. The van der Waals surface area contributed by atoms with Crippen molar-refractivity contribution in [1.82, 2.24) is 25.0 Å². The number of nitriles is 1. The number of nitrogens with zero attached hydrogens (tertiary/aromatic N) is 6. The summed E-state index contributed by atoms with van der Waals surface area (Å²) >= 11 is 0. The number of aliphatic hydroxyl groups is 1. The first-order valence-electron chi connectivity index (χ1n) is 19.1. The van der Waals surface area contributed by atoms with Gasteiger partial charge in [0.15, 0.2) is 22.9 Å². The van der Waals surface area contributed by atoms with Gasteiger partial charge in [-0.25, -0.2) is 4.98 Å². The molecule has 308 valence electrons. The van der Waals surface area contributed by atoms with E-state index in [1.54, 1.807) is 42.5 Å². The molecule has 2 aromatic heterocycles. The molecule has 0 radical (unpaired) electrons. The molecular weight excluding hydrogens is 745 g/mol. The van der Waals surface area contributed by atoms with Gasteiger partial charge in [0.1, 0.15) is 11.6 Å². The summed E-state index contributed by atoms with van der Waals surface area (Å²) in [5.74, 6) is -8.48. The number of aromatic nitrogens is 4. The van der Waals surface area contributed by atoms with E-state index in [1.807, 2.05) is 19.9 Å². The summed E-state index contributed by atoms with van der Waals surface area (Å²) < 4.78 is 0. The Hall–Kier alpha value is -5.93. The van der Waals surface area contributed by atoms with Crippen LogP contribution in [0.25, 0.3) is 11.2 Å². The van der Waals surface area contributed by atoms with Gasteiger partial charge in [-0.3, -0.25) is 28.9 Å². The Bertz CT molecular complexity index is 2130. The molecule has 58 heavy (non-hydrogen) atoms. The highest BCUT2D eigenvalue weighted by Crippen LogP contribution is 2.38. The molecule has 17 heteroatoms. The van der Waals surface area contributed by atoms with Crippen molar-refractivity contribution in [2.24, 2.45) is 40.7 Å². The van der Waals surface area contributed by atoms with Crippen molar-refractivity contribution < 1.29 is 33.9 Å². The maximum absolute atomic E-state index is 15.0. The van der Waals surface area contributed by atoms with Gasteiger partial charge in [-0.1, -0.05) is 62.9 Å². The quantitative estimate of drug-likeness (QED) is 0.0458. The number of fused-ring (bicyclic) bond motifs is 1. The van der Waals surface area contributed by atoms with Crippen LogP contribution in [0.2, 0.25) is 0 Å². The average molecular weight is 797 g/mol. The highest BCUT2D eigenvalue weighted by atomic mass is 16.7. The summed E-state index contributed by atoms with van der Waals surface area (Å²) in [6.45, 7) is 6.98. The van der Waals surface area contributed by atoms with Crippen molar-refractivity contribution in [2.45, 2.75) is 89.9 Å². The van der Waals surface area contributed by atoms with Crippen LogP contribution in [0.3, 0.4) is 0 Å². The van der Waals surface area contributed by atoms with Gasteiger partial charge in [-0.2, -0.15) is 5.26 Å². The summed E-state index contributed by atoms with van der Waals surface area (Å²) in [5.41, 5.74) is 22.7. The second-order valence-electron chi connectivity index (χ2n) is 15.0. The van der Waals surface area contributed by atoms with E-state index in [0.29, 0.717) is 28.8 Å². The molecule has 5 atom stereocenters. The van der Waals surface area contributed by atoms with Crippen LogP contribution in [-0.4, -0.2) is 89.7 Å². The second-order valence-corrected chi connectivity index (χ2v) is 15.0. The summed E-state index contributed by atoms with van der Waals surface area (Å²) in [5, 5.41) is 29.3. The molecule has 9 N–H and O–H groups in total. The molecule has 0 bridgehead atoms. The molecule has 3 unspecified atom stereocenters. The number of ketones is 2. The third kappa shape index (κ3) is 9.95. The summed E-state index contributed by atoms with van der Waals surface area (Å²) in [6, 6.07) is 15.3. The number of hydrogen-bond acceptors (Lipinski definition) is 14. The molecule has 2 aromatic carbocycles. The first-order valence-corrected chi connectivity index (χ1v) is 19.1. The van der Waals surface area contributed by atoms with Gasteiger partial charge >= 0.3 is 0 Å². The van der Waals surface area contributed by atoms with E-state index in [1.165, 1.54) is 38.2 Å². The number of carbonyl (C=O) groups is 5. The zero-order valence-corrected chi connectivity index (χ0v) is 33.2. The Kier molecular flexibility index (Phi) is 15.4. The topological polar surface area (TPSA) is 290 Å². The number of pyridine rings is 1. The van der Waals surface area contributed by atoms with E-state index in [9.17, 15) is 34.3 Å². The van der Waals surface area contributed by atoms with Crippen LogP contribution in [0, 0.1) is 29.1 Å². The number of primary amides is 1. The molecule has 0 fully saturated rings. The highest BCUT2D eigenvalue weighted by Gasteiger charge is 2.62. The minimum absolute atomic E-state index is 0.0240. The number of rotatable bonds is 21. The number of nitrogens with two attached hydrogens (primary N) is 4. The van der Waals surface area contributed by atoms with Crippen molar-refractivity contribution in [3.8, 4) is 11.8 Å². The fourth-order valence-electron chi connectivity index (χ4n) is 7.10. The third-order valence-corrected chi connectivity index (χ3v) is 9.87. The SMILES string of the molecule is CC(C)C[C@H](N)C(O)CC(=O)N(C(=O)C(N)Cc1ccccc1)C(C(N)=O)(C(=O)CCCCN)[C@@H](C(=O)c1ccc(On2nnc3cccnc32)c(C#N)c1)C(C)C. The standard InChI is InChI=1S/C41H52N10O7/c1-24(2)19-29(44)32(52)22-35(54)50(39(56)30(45)20-26-11-6-5-7-12-26)41(40(46)57,34(53)14-8-9-17-42)36(25(3)4)37(55)27-15-16-33(28(21-27)23-43)58-51-38-31(48-49-51)13-10-18-47-38/h5-7,10-13,15-16,18,21,24-25,29-30,32,36,52H,8-9,14,17,19-20,22,42,44-45H2,1-4H3,(H2,46,57)/t29-,30?,32?,36+,41?/m0/s1. The molecule has 0 aliphatic rings. The smallest absolute Gasteiger partial charge is 0.252 e. The number of hydrogen-bond donors (Lipinski definition) is 5. The predicted octanol–water partition coefficient (Wildman–Crippen LogP) is 1.97. The maximum atomic E-state index is 15.0. The van der Waals surface area contributed by atoms with Crippen molar-refractivity contribution in [2.75, 3.05) is 6.54 Å². The predicted molar refractivity (Wildman–Crippen MR) is 213 cm³/mol. The number of imide groups is 1. The highest BCUT2D eigenvalue weighted by molar-refractivity contribution is 6.21. The fourth-order valence-corrected chi connectivity index (χ4v) is 7.10. The average Bonchev–Trinajstić information content (AvgIpc) is 3.59. The second kappa shape index (κ2) is 20.0. The van der Waals surface area contributed by atoms with E-state index in [2.05, 4.69) is 15.3 Å². The minimum Gasteiger partial charge on any atom is -0.391 e. The Balaban J connectivity index is 1.91. The number of benzene rings is 2. The number of Topliss-reactive ketones (excluding diaryl/α,β-unsaturated/α-hetero) is 2. The first kappa shape index (κ1) is 44.8. The summed E-state index contributed by atoms with van der Waals surface area (Å²) in [7, 11) is 0. The van der Waals surface area contributed by atoms with Crippen LogP contribution in [-0.2, 0) is 25.6 Å². The molecule has 3 amide bonds. The zero-order valence-electron chi connectivity index (χ0n) is 33.2. The monoisotopic (exact) mass is 796 g/mol. The van der Waals surface area contributed by atoms with Gasteiger partial charge in [0.25, 0.3) is 5.91 Å². The van der Waals surface area contributed by atoms with Gasteiger partial charge in [-0.05, 0) is 85.2 Å². The van der Waals surface area contributed by atoms with E-state index in [-0.39, 0.29) is 47.8 Å². The van der Waals surface area contributed by atoms with Gasteiger partial charge in [0.2, 0.25) is 17.5 Å². The summed E-state index contributed by atoms with van der Waals surface area (Å²) in [6.07, 6.45) is -0.626. The lowest BCUT2D eigenvalue weighted by molar-refractivity contribution is -0.168. The van der Waals surface area contributed by atoms with Crippen LogP contribution in [0.15, 0.2) is 66.9 Å². The number of amides is 3. The normalized spacial score (nSPS) is 14.6. The van der Waals surface area contributed by atoms with Crippen LogP contribution in [0.4, 0.5) is 0 Å². The van der Waals surface area contributed by atoms with E-state index in [0.717, 1.165) is 4.85 Å². The first-order chi connectivity index (χ1) is 27.6. The van der Waals surface area contributed by atoms with Crippen molar-refractivity contribution in [3.05, 3.63) is 83.6 Å². The van der Waals surface area contributed by atoms with Crippen LogP contribution >= 0.6 is 0 Å². The van der Waals surface area contributed by atoms with E-state index >= 15 is 0 Å². The number of unbranched alkanes of at least 4 members (excludes halogenated alkanes) is 1. The van der Waals surface area contributed by atoms with Crippen LogP contribution in [0.5, 0.6) is 5.75 Å². The third-order valence-electron chi connectivity index (χ3n) is 9.87. The Morgan fingerprint density at radius 2 is 1.71 bits per heavy atom. The maximum Gasteiger partial charge on any atom is 0.252 e. The molecule has 17 nitrogen and oxygen atoms in total. The van der Waals surface area contributed by atoms with Gasteiger partial charge < -0.3 is 32.9 Å². The number of aliphatic hydroxyl groups excluding tert-OH is 1. The molecule has 4 rings (SSSR count). The number of carbonyl (C=O) groups excluding carboxylic acids is 5. The molecule has 2 heterocycles. The van der Waals surface area contributed by atoms with E-state index < -0.39 is 77.7 Å². The van der Waals surface area contributed by atoms with Gasteiger partial charge in [0, 0.05) is 24.2 Å². The van der Waals surface area contributed by atoms with Gasteiger partial charge in [-0.15, -0.1) is 5.10 Å². The lowest BCUT2D eigenvalue weighted by Crippen LogP contribution is -2.73. The van der Waals surface area contributed by atoms with Crippen molar-refractivity contribution >= 4 is 40.5 Å². The van der Waals surface area contributed by atoms with Crippen LogP contribution < -0.4 is 27.8 Å². The van der Waals surface area contributed by atoms with Crippen LogP contribution in [0.1, 0.15) is 81.3 Å². The minimum atomic E-state index is -2.96. The zero-order chi connectivity index (χ0) is 42.7. The molecule has 0 saturated heterocycles. The van der Waals surface area contributed by atoms with Crippen molar-refractivity contribution in [1.29, 1.82) is 5.26 Å². The molecule has 0 aliphatic heterocycles. The summed E-state index contributed by atoms with van der Waals surface area (Å²) in [4.78, 5) is 85.0. The molecule has 0 saturated carbocycles. The fraction of sp³-hybridized carbons (Fsp3) is 0.439. The molecular formula is C41H52N10O7. The van der Waals surface area contributed by atoms with Crippen molar-refractivity contribution in [3.63, 3.8) is 0 Å². The van der Waals surface area contributed by atoms with E-state index in [4.69, 9.17) is 27.8 Å². The largest absolute Gasteiger partial charge is 0.391 e.